The van der Waals surface area contributed by atoms with Crippen LogP contribution in [0.4, 0.5) is 15.8 Å². The fourth-order valence-corrected chi connectivity index (χ4v) is 3.03. The lowest BCUT2D eigenvalue weighted by atomic mass is 10.2. The van der Waals surface area contributed by atoms with Crippen LogP contribution in [0.25, 0.3) is 0 Å². The number of hydrogen-bond acceptors (Lipinski definition) is 4. The van der Waals surface area contributed by atoms with Crippen molar-refractivity contribution in [1.82, 2.24) is 4.90 Å². The summed E-state index contributed by atoms with van der Waals surface area (Å²) in [7, 11) is 0. The first kappa shape index (κ1) is 15.2. The molecule has 1 N–H and O–H groups in total. The maximum atomic E-state index is 13.4. The highest BCUT2D eigenvalue weighted by Crippen LogP contribution is 2.29. The number of ether oxygens (including phenoxy) is 1. The van der Waals surface area contributed by atoms with Gasteiger partial charge in [-0.15, -0.1) is 0 Å². The van der Waals surface area contributed by atoms with Crippen LogP contribution < -0.4 is 10.2 Å². The van der Waals surface area contributed by atoms with E-state index < -0.39 is 0 Å². The summed E-state index contributed by atoms with van der Waals surface area (Å²) >= 11 is 0. The Balaban J connectivity index is 1.72. The molecule has 2 heterocycles. The quantitative estimate of drug-likeness (QED) is 0.923. The highest BCUT2D eigenvalue weighted by molar-refractivity contribution is 5.96. The van der Waals surface area contributed by atoms with Gasteiger partial charge in [-0.2, -0.15) is 0 Å². The fraction of sp³-hybridized carbons (Fsp3) is 0.562. The molecule has 6 heteroatoms. The van der Waals surface area contributed by atoms with Crippen LogP contribution in [0, 0.1) is 5.82 Å². The molecule has 3 rings (SSSR count). The highest BCUT2D eigenvalue weighted by atomic mass is 19.1. The first-order valence-corrected chi connectivity index (χ1v) is 7.79. The molecular weight excluding hydrogens is 285 g/mol. The van der Waals surface area contributed by atoms with Gasteiger partial charge in [-0.1, -0.05) is 0 Å². The lowest BCUT2D eigenvalue weighted by Crippen LogP contribution is -2.47. The SMILES string of the molecule is C[C@@H]1COCCN1CCN1CCC(=O)Nc2cc(F)ccc21. The zero-order valence-electron chi connectivity index (χ0n) is 12.8. The molecule has 1 atom stereocenters. The maximum Gasteiger partial charge on any atom is 0.226 e. The summed E-state index contributed by atoms with van der Waals surface area (Å²) in [6.07, 6.45) is 0.426. The summed E-state index contributed by atoms with van der Waals surface area (Å²) in [5.74, 6) is -0.392. The van der Waals surface area contributed by atoms with Crippen LogP contribution in [0.1, 0.15) is 13.3 Å². The van der Waals surface area contributed by atoms with E-state index in [4.69, 9.17) is 4.74 Å². The van der Waals surface area contributed by atoms with Gasteiger partial charge in [0.15, 0.2) is 0 Å². The average Bonchev–Trinajstić information content (AvgIpc) is 2.64. The third-order valence-electron chi connectivity index (χ3n) is 4.34. The minimum absolute atomic E-state index is 0.0610. The number of rotatable bonds is 3. The van der Waals surface area contributed by atoms with Crippen molar-refractivity contribution in [3.63, 3.8) is 0 Å². The summed E-state index contributed by atoms with van der Waals surface area (Å²) in [6, 6.07) is 5.00. The Morgan fingerprint density at radius 3 is 3.05 bits per heavy atom. The molecule has 1 aromatic carbocycles. The van der Waals surface area contributed by atoms with Gasteiger partial charge in [0.2, 0.25) is 5.91 Å². The fourth-order valence-electron chi connectivity index (χ4n) is 3.03. The van der Waals surface area contributed by atoms with Crippen molar-refractivity contribution in [1.29, 1.82) is 0 Å². The Labute approximate surface area is 130 Å². The van der Waals surface area contributed by atoms with Crippen LogP contribution in [-0.4, -0.2) is 56.2 Å². The largest absolute Gasteiger partial charge is 0.379 e. The number of morpholine rings is 1. The molecule has 2 aliphatic heterocycles. The van der Waals surface area contributed by atoms with Crippen LogP contribution in [0.15, 0.2) is 18.2 Å². The van der Waals surface area contributed by atoms with Crippen LogP contribution in [0.3, 0.4) is 0 Å². The lowest BCUT2D eigenvalue weighted by Gasteiger charge is -2.35. The third-order valence-corrected chi connectivity index (χ3v) is 4.34. The van der Waals surface area contributed by atoms with Gasteiger partial charge < -0.3 is 15.0 Å². The number of carbonyl (C=O) groups excluding carboxylic acids is 1. The van der Waals surface area contributed by atoms with Crippen molar-refractivity contribution in [3.8, 4) is 0 Å². The summed E-state index contributed by atoms with van der Waals surface area (Å²) in [5, 5.41) is 2.79. The van der Waals surface area contributed by atoms with Crippen molar-refractivity contribution in [2.45, 2.75) is 19.4 Å². The minimum Gasteiger partial charge on any atom is -0.379 e. The summed E-state index contributed by atoms with van der Waals surface area (Å²) in [5.41, 5.74) is 1.46. The number of nitrogens with zero attached hydrogens (tertiary/aromatic N) is 2. The van der Waals surface area contributed by atoms with E-state index in [1.54, 1.807) is 6.07 Å². The number of carbonyl (C=O) groups is 1. The standard InChI is InChI=1S/C16H22FN3O2/c1-12-11-22-9-8-19(12)6-7-20-5-4-16(21)18-14-10-13(17)2-3-15(14)20/h2-3,10,12H,4-9,11H2,1H3,(H,18,21)/t12-/m1/s1. The number of anilines is 2. The zero-order valence-corrected chi connectivity index (χ0v) is 12.8. The topological polar surface area (TPSA) is 44.8 Å². The van der Waals surface area contributed by atoms with Gasteiger partial charge in [0.1, 0.15) is 5.82 Å². The Morgan fingerprint density at radius 2 is 2.23 bits per heavy atom. The van der Waals surface area contributed by atoms with Crippen molar-refractivity contribution >= 4 is 17.3 Å². The van der Waals surface area contributed by atoms with Crippen molar-refractivity contribution in [3.05, 3.63) is 24.0 Å². The first-order chi connectivity index (χ1) is 10.6. The van der Waals surface area contributed by atoms with Crippen molar-refractivity contribution < 1.29 is 13.9 Å². The predicted octanol–water partition coefficient (Wildman–Crippen LogP) is 1.69. The number of fused-ring (bicyclic) bond motifs is 1. The normalized spacial score (nSPS) is 22.9. The summed E-state index contributed by atoms with van der Waals surface area (Å²) < 4.78 is 18.9. The number of benzene rings is 1. The molecule has 2 aliphatic rings. The number of nitrogens with one attached hydrogen (secondary N) is 1. The number of halogens is 1. The number of amides is 1. The first-order valence-electron chi connectivity index (χ1n) is 7.79. The maximum absolute atomic E-state index is 13.4. The zero-order chi connectivity index (χ0) is 15.5. The van der Waals surface area contributed by atoms with E-state index in [-0.39, 0.29) is 11.7 Å². The Hall–Kier alpha value is -1.66. The van der Waals surface area contributed by atoms with Gasteiger partial charge in [0, 0.05) is 38.6 Å². The van der Waals surface area contributed by atoms with Gasteiger partial charge in [-0.25, -0.2) is 4.39 Å². The van der Waals surface area contributed by atoms with E-state index >= 15 is 0 Å². The van der Waals surface area contributed by atoms with E-state index in [0.717, 1.165) is 38.5 Å². The Bertz CT molecular complexity index is 552. The smallest absolute Gasteiger partial charge is 0.226 e. The molecule has 5 nitrogen and oxygen atoms in total. The Morgan fingerprint density at radius 1 is 1.36 bits per heavy atom. The average molecular weight is 307 g/mol. The summed E-state index contributed by atoms with van der Waals surface area (Å²) in [4.78, 5) is 16.3. The van der Waals surface area contributed by atoms with Crippen LogP contribution in [-0.2, 0) is 9.53 Å². The molecule has 22 heavy (non-hydrogen) atoms. The third kappa shape index (κ3) is 3.39. The van der Waals surface area contributed by atoms with E-state index in [1.165, 1.54) is 12.1 Å². The van der Waals surface area contributed by atoms with Crippen LogP contribution >= 0.6 is 0 Å². The van der Waals surface area contributed by atoms with Gasteiger partial charge in [0.05, 0.1) is 24.6 Å². The van der Waals surface area contributed by atoms with Crippen molar-refractivity contribution in [2.75, 3.05) is 49.6 Å². The van der Waals surface area contributed by atoms with Crippen LogP contribution in [0.5, 0.6) is 0 Å². The predicted molar refractivity (Wildman–Crippen MR) is 83.7 cm³/mol. The monoisotopic (exact) mass is 307 g/mol. The Kier molecular flexibility index (Phi) is 4.59. The molecule has 0 radical (unpaired) electrons. The van der Waals surface area contributed by atoms with E-state index in [0.29, 0.717) is 24.7 Å². The van der Waals surface area contributed by atoms with Gasteiger partial charge in [-0.3, -0.25) is 9.69 Å². The van der Waals surface area contributed by atoms with Gasteiger partial charge in [-0.05, 0) is 25.1 Å². The number of hydrogen-bond donors (Lipinski definition) is 1. The van der Waals surface area contributed by atoms with E-state index in [2.05, 4.69) is 22.0 Å². The molecule has 0 aliphatic carbocycles. The molecule has 0 spiro atoms. The second-order valence-electron chi connectivity index (χ2n) is 5.91. The molecule has 0 saturated carbocycles. The van der Waals surface area contributed by atoms with E-state index in [9.17, 15) is 9.18 Å². The molecule has 0 aromatic heterocycles. The van der Waals surface area contributed by atoms with Crippen molar-refractivity contribution in [2.24, 2.45) is 0 Å². The molecule has 0 unspecified atom stereocenters. The van der Waals surface area contributed by atoms with Crippen LogP contribution in [0.2, 0.25) is 0 Å². The summed E-state index contributed by atoms with van der Waals surface area (Å²) in [6.45, 7) is 7.02. The molecule has 0 bridgehead atoms. The van der Waals surface area contributed by atoms with Gasteiger partial charge >= 0.3 is 0 Å². The molecule has 1 amide bonds. The lowest BCUT2D eigenvalue weighted by molar-refractivity contribution is -0.115. The second kappa shape index (κ2) is 6.62. The van der Waals surface area contributed by atoms with E-state index in [1.807, 2.05) is 0 Å². The molecule has 1 saturated heterocycles. The van der Waals surface area contributed by atoms with Gasteiger partial charge in [0.25, 0.3) is 0 Å². The highest BCUT2D eigenvalue weighted by Gasteiger charge is 2.22. The molecule has 120 valence electrons. The molecule has 1 aromatic rings. The minimum atomic E-state index is -0.331. The molecule has 1 fully saturated rings. The molecular formula is C16H22FN3O2. The second-order valence-corrected chi connectivity index (χ2v) is 5.91.